The molecule has 0 spiro atoms. The van der Waals surface area contributed by atoms with Crippen molar-refractivity contribution >= 4 is 5.91 Å². The Balaban J connectivity index is 2.14. The molecule has 4 nitrogen and oxygen atoms in total. The summed E-state index contributed by atoms with van der Waals surface area (Å²) in [4.78, 5) is 11.7. The summed E-state index contributed by atoms with van der Waals surface area (Å²) >= 11 is 0. The van der Waals surface area contributed by atoms with Crippen LogP contribution in [0, 0.1) is 5.92 Å². The minimum Gasteiger partial charge on any atom is -0.393 e. The molecule has 1 amide bonds. The largest absolute Gasteiger partial charge is 0.393 e. The Labute approximate surface area is 104 Å². The number of hydrogen-bond donors (Lipinski definition) is 3. The standard InChI is InChI=1S/C13H26N2O2/c1-2-3-4-12(14)13(17)15-9-10-5-7-11(16)8-6-10/h10-12,16H,2-9,14H2,1H3,(H,15,17)/t10?,11?,12-/m0/s1. The van der Waals surface area contributed by atoms with Crippen molar-refractivity contribution in [1.29, 1.82) is 0 Å². The summed E-state index contributed by atoms with van der Waals surface area (Å²) in [7, 11) is 0. The summed E-state index contributed by atoms with van der Waals surface area (Å²) < 4.78 is 0. The van der Waals surface area contributed by atoms with E-state index < -0.39 is 0 Å². The molecule has 4 heteroatoms. The van der Waals surface area contributed by atoms with E-state index >= 15 is 0 Å². The van der Waals surface area contributed by atoms with Crippen LogP contribution in [-0.4, -0.2) is 29.7 Å². The number of aliphatic hydroxyl groups is 1. The van der Waals surface area contributed by atoms with Gasteiger partial charge in [0.2, 0.25) is 5.91 Å². The second-order valence-electron chi connectivity index (χ2n) is 5.17. The Morgan fingerprint density at radius 2 is 2.06 bits per heavy atom. The first-order valence-corrected chi connectivity index (χ1v) is 6.84. The molecule has 0 saturated heterocycles. The lowest BCUT2D eigenvalue weighted by molar-refractivity contribution is -0.122. The molecule has 17 heavy (non-hydrogen) atoms. The fraction of sp³-hybridized carbons (Fsp3) is 0.923. The van der Waals surface area contributed by atoms with Crippen molar-refractivity contribution < 1.29 is 9.90 Å². The zero-order valence-electron chi connectivity index (χ0n) is 10.8. The topological polar surface area (TPSA) is 75.4 Å². The maximum Gasteiger partial charge on any atom is 0.236 e. The summed E-state index contributed by atoms with van der Waals surface area (Å²) in [5.41, 5.74) is 5.79. The second kappa shape index (κ2) is 7.67. The van der Waals surface area contributed by atoms with Crippen LogP contribution >= 0.6 is 0 Å². The molecule has 1 saturated carbocycles. The van der Waals surface area contributed by atoms with Crippen LogP contribution in [0.15, 0.2) is 0 Å². The van der Waals surface area contributed by atoms with E-state index in [1.54, 1.807) is 0 Å². The molecule has 0 bridgehead atoms. The maximum atomic E-state index is 11.7. The van der Waals surface area contributed by atoms with E-state index in [-0.39, 0.29) is 18.1 Å². The molecule has 100 valence electrons. The van der Waals surface area contributed by atoms with Crippen LogP contribution in [0.25, 0.3) is 0 Å². The number of carbonyl (C=O) groups is 1. The number of hydrogen-bond acceptors (Lipinski definition) is 3. The summed E-state index contributed by atoms with van der Waals surface area (Å²) in [6.07, 6.45) is 6.45. The fourth-order valence-electron chi connectivity index (χ4n) is 2.28. The summed E-state index contributed by atoms with van der Waals surface area (Å²) in [5, 5.41) is 12.3. The molecular formula is C13H26N2O2. The average Bonchev–Trinajstić information content (AvgIpc) is 2.34. The van der Waals surface area contributed by atoms with Crippen molar-refractivity contribution in [3.63, 3.8) is 0 Å². The van der Waals surface area contributed by atoms with Crippen LogP contribution in [-0.2, 0) is 4.79 Å². The van der Waals surface area contributed by atoms with Crippen molar-refractivity contribution in [2.24, 2.45) is 11.7 Å². The fourth-order valence-corrected chi connectivity index (χ4v) is 2.28. The summed E-state index contributed by atoms with van der Waals surface area (Å²) in [6.45, 7) is 2.81. The first kappa shape index (κ1) is 14.5. The molecular weight excluding hydrogens is 216 g/mol. The lowest BCUT2D eigenvalue weighted by Gasteiger charge is -2.25. The first-order valence-electron chi connectivity index (χ1n) is 6.84. The number of unbranched alkanes of at least 4 members (excludes halogenated alkanes) is 1. The molecule has 1 atom stereocenters. The molecule has 1 rings (SSSR count). The van der Waals surface area contributed by atoms with Crippen LogP contribution in [0.3, 0.4) is 0 Å². The van der Waals surface area contributed by atoms with Gasteiger partial charge < -0.3 is 16.2 Å². The molecule has 0 aliphatic heterocycles. The van der Waals surface area contributed by atoms with Crippen LogP contribution < -0.4 is 11.1 Å². The molecule has 0 heterocycles. The zero-order chi connectivity index (χ0) is 12.7. The molecule has 4 N–H and O–H groups in total. The van der Waals surface area contributed by atoms with E-state index in [9.17, 15) is 9.90 Å². The predicted molar refractivity (Wildman–Crippen MR) is 68.5 cm³/mol. The van der Waals surface area contributed by atoms with Gasteiger partial charge in [0.25, 0.3) is 0 Å². The van der Waals surface area contributed by atoms with Crippen molar-refractivity contribution in [3.05, 3.63) is 0 Å². The van der Waals surface area contributed by atoms with Gasteiger partial charge in [0.05, 0.1) is 12.1 Å². The number of nitrogens with one attached hydrogen (secondary N) is 1. The molecule has 0 aromatic heterocycles. The third-order valence-corrected chi connectivity index (χ3v) is 3.59. The van der Waals surface area contributed by atoms with Crippen molar-refractivity contribution in [2.45, 2.75) is 64.0 Å². The Morgan fingerprint density at radius 3 is 2.65 bits per heavy atom. The Bertz CT molecular complexity index is 225. The van der Waals surface area contributed by atoms with Crippen molar-refractivity contribution in [2.75, 3.05) is 6.54 Å². The van der Waals surface area contributed by atoms with Gasteiger partial charge in [0, 0.05) is 6.54 Å². The van der Waals surface area contributed by atoms with Gasteiger partial charge in [-0.3, -0.25) is 4.79 Å². The second-order valence-corrected chi connectivity index (χ2v) is 5.17. The number of amides is 1. The van der Waals surface area contributed by atoms with Gasteiger partial charge in [-0.2, -0.15) is 0 Å². The molecule has 0 aromatic rings. The molecule has 1 aliphatic rings. The Morgan fingerprint density at radius 1 is 1.41 bits per heavy atom. The summed E-state index contributed by atoms with van der Waals surface area (Å²) in [5.74, 6) is 0.491. The predicted octanol–water partition coefficient (Wildman–Crippen LogP) is 1.17. The highest BCUT2D eigenvalue weighted by Crippen LogP contribution is 2.23. The highest BCUT2D eigenvalue weighted by Gasteiger charge is 2.20. The number of nitrogens with two attached hydrogens (primary N) is 1. The van der Waals surface area contributed by atoms with Gasteiger partial charge >= 0.3 is 0 Å². The first-order chi connectivity index (χ1) is 8.13. The van der Waals surface area contributed by atoms with Gasteiger partial charge in [-0.15, -0.1) is 0 Å². The van der Waals surface area contributed by atoms with E-state index in [1.807, 2.05) is 0 Å². The monoisotopic (exact) mass is 242 g/mol. The Hall–Kier alpha value is -0.610. The van der Waals surface area contributed by atoms with E-state index in [0.29, 0.717) is 12.5 Å². The third-order valence-electron chi connectivity index (χ3n) is 3.59. The number of aliphatic hydroxyl groups excluding tert-OH is 1. The molecule has 0 unspecified atom stereocenters. The lowest BCUT2D eigenvalue weighted by atomic mass is 9.87. The van der Waals surface area contributed by atoms with Crippen LogP contribution in [0.1, 0.15) is 51.9 Å². The highest BCUT2D eigenvalue weighted by atomic mass is 16.3. The van der Waals surface area contributed by atoms with E-state index in [1.165, 1.54) is 0 Å². The van der Waals surface area contributed by atoms with E-state index in [2.05, 4.69) is 12.2 Å². The maximum absolute atomic E-state index is 11.7. The third kappa shape index (κ3) is 5.50. The normalized spacial score (nSPS) is 26.5. The highest BCUT2D eigenvalue weighted by molar-refractivity contribution is 5.81. The molecule has 1 aliphatic carbocycles. The van der Waals surface area contributed by atoms with Gasteiger partial charge in [-0.1, -0.05) is 19.8 Å². The van der Waals surface area contributed by atoms with Crippen LogP contribution in [0.2, 0.25) is 0 Å². The van der Waals surface area contributed by atoms with Crippen molar-refractivity contribution in [1.82, 2.24) is 5.32 Å². The molecule has 1 fully saturated rings. The quantitative estimate of drug-likeness (QED) is 0.654. The van der Waals surface area contributed by atoms with Gasteiger partial charge in [-0.25, -0.2) is 0 Å². The zero-order valence-corrected chi connectivity index (χ0v) is 10.8. The van der Waals surface area contributed by atoms with Crippen LogP contribution in [0.4, 0.5) is 0 Å². The number of rotatable bonds is 6. The van der Waals surface area contributed by atoms with E-state index in [0.717, 1.165) is 44.9 Å². The smallest absolute Gasteiger partial charge is 0.236 e. The molecule has 0 radical (unpaired) electrons. The SMILES string of the molecule is CCCC[C@H](N)C(=O)NCC1CCC(O)CC1. The number of carbonyl (C=O) groups excluding carboxylic acids is 1. The minimum atomic E-state index is -0.357. The Kier molecular flexibility index (Phi) is 6.52. The van der Waals surface area contributed by atoms with E-state index in [4.69, 9.17) is 5.73 Å². The van der Waals surface area contributed by atoms with Crippen LogP contribution in [0.5, 0.6) is 0 Å². The summed E-state index contributed by atoms with van der Waals surface area (Å²) in [6, 6.07) is -0.357. The average molecular weight is 242 g/mol. The van der Waals surface area contributed by atoms with Gasteiger partial charge in [0.1, 0.15) is 0 Å². The minimum absolute atomic E-state index is 0.0235. The lowest BCUT2D eigenvalue weighted by Crippen LogP contribution is -2.42. The molecule has 0 aromatic carbocycles. The van der Waals surface area contributed by atoms with Crippen molar-refractivity contribution in [3.8, 4) is 0 Å². The van der Waals surface area contributed by atoms with Gasteiger partial charge in [0.15, 0.2) is 0 Å². The van der Waals surface area contributed by atoms with Gasteiger partial charge in [-0.05, 0) is 38.0 Å².